The van der Waals surface area contributed by atoms with Gasteiger partial charge in [0.1, 0.15) is 5.75 Å². The third-order valence-corrected chi connectivity index (χ3v) is 3.69. The number of imidazole rings is 1. The van der Waals surface area contributed by atoms with E-state index in [-0.39, 0.29) is 6.03 Å². The summed E-state index contributed by atoms with van der Waals surface area (Å²) in [6, 6.07) is 5.61. The monoisotopic (exact) mass is 298 g/mol. The molecule has 1 aromatic heterocycles. The first-order chi connectivity index (χ1) is 10.7. The van der Waals surface area contributed by atoms with Crippen molar-refractivity contribution in [3.05, 3.63) is 42.0 Å². The number of ether oxygens (including phenoxy) is 1. The average molecular weight is 298 g/mol. The number of carbonyl (C=O) groups is 1. The van der Waals surface area contributed by atoms with Gasteiger partial charge in [-0.2, -0.15) is 0 Å². The molecule has 0 spiro atoms. The Morgan fingerprint density at radius 3 is 3.09 bits per heavy atom. The highest BCUT2D eigenvalue weighted by Gasteiger charge is 2.18. The van der Waals surface area contributed by atoms with Crippen LogP contribution in [0.25, 0.3) is 11.6 Å². The first-order valence-corrected chi connectivity index (χ1v) is 7.10. The van der Waals surface area contributed by atoms with Gasteiger partial charge >= 0.3 is 6.03 Å². The Balaban J connectivity index is 2.00. The number of nitrogens with zero attached hydrogens (tertiary/aromatic N) is 2. The van der Waals surface area contributed by atoms with Gasteiger partial charge in [-0.25, -0.2) is 9.78 Å². The highest BCUT2D eigenvalue weighted by atomic mass is 16.5. The molecular weight excluding hydrogens is 280 g/mol. The van der Waals surface area contributed by atoms with E-state index in [0.717, 1.165) is 34.7 Å². The molecule has 0 unspecified atom stereocenters. The molecule has 2 aromatic rings. The number of H-pyrrole nitrogens is 1. The minimum Gasteiger partial charge on any atom is -0.493 e. The van der Waals surface area contributed by atoms with Crippen molar-refractivity contribution in [1.29, 1.82) is 0 Å². The van der Waals surface area contributed by atoms with Gasteiger partial charge in [0.05, 0.1) is 24.8 Å². The number of amides is 2. The lowest BCUT2D eigenvalue weighted by atomic mass is 9.98. The predicted molar refractivity (Wildman–Crippen MR) is 85.9 cm³/mol. The van der Waals surface area contributed by atoms with E-state index < -0.39 is 0 Å². The molecule has 0 bridgehead atoms. The van der Waals surface area contributed by atoms with Crippen LogP contribution in [0.5, 0.6) is 5.75 Å². The number of nitrogens with one attached hydrogen (secondary N) is 2. The van der Waals surface area contributed by atoms with Crippen molar-refractivity contribution in [2.75, 3.05) is 25.6 Å². The maximum atomic E-state index is 11.8. The number of anilines is 1. The zero-order valence-corrected chi connectivity index (χ0v) is 12.6. The first-order valence-electron chi connectivity index (χ1n) is 7.10. The topological polar surface area (TPSA) is 70.2 Å². The van der Waals surface area contributed by atoms with Gasteiger partial charge in [0.2, 0.25) is 0 Å². The molecule has 1 aliphatic heterocycles. The van der Waals surface area contributed by atoms with Gasteiger partial charge < -0.3 is 15.0 Å². The molecule has 0 aliphatic carbocycles. The van der Waals surface area contributed by atoms with Crippen molar-refractivity contribution in [2.45, 2.75) is 6.42 Å². The Bertz CT molecular complexity index is 707. The number of carbonyl (C=O) groups excluding carboxylic acids is 1. The third kappa shape index (κ3) is 2.67. The quantitative estimate of drug-likeness (QED) is 0.895. The molecule has 6 heteroatoms. The fourth-order valence-corrected chi connectivity index (χ4v) is 2.48. The van der Waals surface area contributed by atoms with Crippen LogP contribution in [0, 0.1) is 0 Å². The van der Waals surface area contributed by atoms with Gasteiger partial charge in [0.15, 0.2) is 0 Å². The SMILES string of the molecule is CNC(=O)N(C)c1ccc2c(c1)C(=Cc1cnc[nH]1)CCO2. The van der Waals surface area contributed by atoms with Crippen LogP contribution in [0.2, 0.25) is 0 Å². The van der Waals surface area contributed by atoms with Crippen LogP contribution in [-0.2, 0) is 0 Å². The Labute approximate surface area is 128 Å². The standard InChI is InChI=1S/C16H18N4O2/c1-17-16(21)20(2)13-3-4-15-14(8-13)11(5-6-22-15)7-12-9-18-10-19-12/h3-4,7-10H,5-6H2,1-2H3,(H,17,21)(H,18,19). The highest BCUT2D eigenvalue weighted by Crippen LogP contribution is 2.36. The molecule has 114 valence electrons. The Morgan fingerprint density at radius 2 is 2.36 bits per heavy atom. The maximum absolute atomic E-state index is 11.8. The van der Waals surface area contributed by atoms with E-state index in [9.17, 15) is 4.79 Å². The van der Waals surface area contributed by atoms with E-state index in [2.05, 4.69) is 21.4 Å². The van der Waals surface area contributed by atoms with Crippen molar-refractivity contribution >= 4 is 23.4 Å². The number of rotatable bonds is 2. The van der Waals surface area contributed by atoms with Crippen LogP contribution in [-0.4, -0.2) is 36.7 Å². The van der Waals surface area contributed by atoms with Crippen molar-refractivity contribution in [3.8, 4) is 5.75 Å². The summed E-state index contributed by atoms with van der Waals surface area (Å²) >= 11 is 0. The highest BCUT2D eigenvalue weighted by molar-refractivity contribution is 5.93. The molecule has 0 radical (unpaired) electrons. The number of fused-ring (bicyclic) bond motifs is 1. The second-order valence-corrected chi connectivity index (χ2v) is 5.07. The molecule has 2 amide bonds. The molecule has 0 saturated heterocycles. The van der Waals surface area contributed by atoms with E-state index in [4.69, 9.17) is 4.74 Å². The number of benzene rings is 1. The summed E-state index contributed by atoms with van der Waals surface area (Å²) in [5.41, 5.74) is 3.94. The summed E-state index contributed by atoms with van der Waals surface area (Å²) in [7, 11) is 3.35. The van der Waals surface area contributed by atoms with Gasteiger partial charge in [-0.1, -0.05) is 0 Å². The fourth-order valence-electron chi connectivity index (χ4n) is 2.48. The van der Waals surface area contributed by atoms with Crippen LogP contribution in [0.4, 0.5) is 10.5 Å². The lowest BCUT2D eigenvalue weighted by molar-refractivity contribution is 0.249. The van der Waals surface area contributed by atoms with E-state index >= 15 is 0 Å². The molecule has 0 saturated carbocycles. The van der Waals surface area contributed by atoms with Gasteiger partial charge in [-0.15, -0.1) is 0 Å². The van der Waals surface area contributed by atoms with Crippen molar-refractivity contribution in [2.24, 2.45) is 0 Å². The Kier molecular flexibility index (Phi) is 3.82. The largest absolute Gasteiger partial charge is 0.493 e. The van der Waals surface area contributed by atoms with Crippen LogP contribution in [0.3, 0.4) is 0 Å². The van der Waals surface area contributed by atoms with Crippen LogP contribution < -0.4 is 15.0 Å². The summed E-state index contributed by atoms with van der Waals surface area (Å²) in [5, 5.41) is 2.62. The Morgan fingerprint density at radius 1 is 1.50 bits per heavy atom. The number of urea groups is 1. The second kappa shape index (κ2) is 5.93. The van der Waals surface area contributed by atoms with Crippen molar-refractivity contribution in [1.82, 2.24) is 15.3 Å². The van der Waals surface area contributed by atoms with Gasteiger partial charge in [-0.05, 0) is 29.8 Å². The fraction of sp³-hybridized carbons (Fsp3) is 0.250. The smallest absolute Gasteiger partial charge is 0.321 e. The van der Waals surface area contributed by atoms with E-state index in [1.54, 1.807) is 31.5 Å². The number of aromatic amines is 1. The molecule has 3 rings (SSSR count). The number of hydrogen-bond donors (Lipinski definition) is 2. The zero-order valence-electron chi connectivity index (χ0n) is 12.6. The summed E-state index contributed by atoms with van der Waals surface area (Å²) in [4.78, 5) is 20.5. The minimum atomic E-state index is -0.157. The van der Waals surface area contributed by atoms with Crippen molar-refractivity contribution < 1.29 is 9.53 Å². The summed E-state index contributed by atoms with van der Waals surface area (Å²) < 4.78 is 5.71. The summed E-state index contributed by atoms with van der Waals surface area (Å²) in [6.45, 7) is 0.650. The van der Waals surface area contributed by atoms with E-state index in [1.807, 2.05) is 18.2 Å². The molecule has 22 heavy (non-hydrogen) atoms. The van der Waals surface area contributed by atoms with Gasteiger partial charge in [0.25, 0.3) is 0 Å². The number of hydrogen-bond acceptors (Lipinski definition) is 3. The van der Waals surface area contributed by atoms with Gasteiger partial charge in [0, 0.05) is 31.8 Å². The minimum absolute atomic E-state index is 0.157. The lowest BCUT2D eigenvalue weighted by Crippen LogP contribution is -2.34. The first kappa shape index (κ1) is 14.2. The molecule has 1 aliphatic rings. The molecule has 2 heterocycles. The Hall–Kier alpha value is -2.76. The van der Waals surface area contributed by atoms with Crippen LogP contribution in [0.15, 0.2) is 30.7 Å². The van der Waals surface area contributed by atoms with E-state index in [1.165, 1.54) is 0 Å². The molecule has 0 fully saturated rings. The summed E-state index contributed by atoms with van der Waals surface area (Å²) in [6.07, 6.45) is 6.32. The zero-order chi connectivity index (χ0) is 15.5. The van der Waals surface area contributed by atoms with Gasteiger partial charge in [-0.3, -0.25) is 4.90 Å². The average Bonchev–Trinajstić information content (AvgIpc) is 3.06. The molecular formula is C16H18N4O2. The predicted octanol–water partition coefficient (Wildman–Crippen LogP) is 2.51. The van der Waals surface area contributed by atoms with E-state index in [0.29, 0.717) is 6.61 Å². The normalized spacial score (nSPS) is 15.1. The molecule has 1 aromatic carbocycles. The van der Waals surface area contributed by atoms with Crippen molar-refractivity contribution in [3.63, 3.8) is 0 Å². The maximum Gasteiger partial charge on any atom is 0.321 e. The molecule has 0 atom stereocenters. The van der Waals surface area contributed by atoms with Crippen LogP contribution in [0.1, 0.15) is 17.7 Å². The lowest BCUT2D eigenvalue weighted by Gasteiger charge is -2.23. The number of aromatic nitrogens is 2. The molecule has 2 N–H and O–H groups in total. The molecule has 6 nitrogen and oxygen atoms in total. The second-order valence-electron chi connectivity index (χ2n) is 5.07. The summed E-state index contributed by atoms with van der Waals surface area (Å²) in [5.74, 6) is 0.839. The van der Waals surface area contributed by atoms with Crippen LogP contribution >= 0.6 is 0 Å². The third-order valence-electron chi connectivity index (χ3n) is 3.69.